The highest BCUT2D eigenvalue weighted by Crippen LogP contribution is 2.13. The van der Waals surface area contributed by atoms with Crippen molar-refractivity contribution in [1.82, 2.24) is 5.06 Å². The summed E-state index contributed by atoms with van der Waals surface area (Å²) >= 11 is 0. The first-order chi connectivity index (χ1) is 7.06. The minimum atomic E-state index is -0.150. The number of hydroxylamine groups is 2. The van der Waals surface area contributed by atoms with E-state index in [9.17, 15) is 4.79 Å². The number of hydrogen-bond acceptors (Lipinski definition) is 3. The second-order valence-electron chi connectivity index (χ2n) is 3.43. The summed E-state index contributed by atoms with van der Waals surface area (Å²) in [6.45, 7) is 0. The molecule has 0 aliphatic rings. The maximum absolute atomic E-state index is 11.6. The third-order valence-corrected chi connectivity index (χ3v) is 2.19. The standard InChI is InChI=1S/C11H16N2O2/c1-12(2)10-7-5-9(6-8-10)11(14)13(3)15-4/h5-8H,1-4H3. The Morgan fingerprint density at radius 2 is 1.67 bits per heavy atom. The van der Waals surface area contributed by atoms with Gasteiger partial charge in [0, 0.05) is 32.4 Å². The fourth-order valence-corrected chi connectivity index (χ4v) is 1.17. The summed E-state index contributed by atoms with van der Waals surface area (Å²) in [6, 6.07) is 7.37. The molecule has 0 saturated heterocycles. The Morgan fingerprint density at radius 3 is 2.07 bits per heavy atom. The second-order valence-corrected chi connectivity index (χ2v) is 3.43. The van der Waals surface area contributed by atoms with E-state index >= 15 is 0 Å². The Hall–Kier alpha value is -1.55. The van der Waals surface area contributed by atoms with Gasteiger partial charge in [-0.05, 0) is 24.3 Å². The van der Waals surface area contributed by atoms with Crippen molar-refractivity contribution in [3.63, 3.8) is 0 Å². The summed E-state index contributed by atoms with van der Waals surface area (Å²) in [5, 5.41) is 1.20. The molecule has 1 rings (SSSR count). The molecule has 0 aromatic heterocycles. The Kier molecular flexibility index (Phi) is 3.68. The molecule has 0 saturated carbocycles. The van der Waals surface area contributed by atoms with E-state index < -0.39 is 0 Å². The van der Waals surface area contributed by atoms with Crippen LogP contribution in [0.3, 0.4) is 0 Å². The van der Waals surface area contributed by atoms with E-state index in [1.165, 1.54) is 12.2 Å². The van der Waals surface area contributed by atoms with E-state index in [1.54, 1.807) is 19.2 Å². The second kappa shape index (κ2) is 4.79. The molecule has 1 amide bonds. The molecule has 0 spiro atoms. The number of amides is 1. The number of anilines is 1. The van der Waals surface area contributed by atoms with Crippen LogP contribution in [0.25, 0.3) is 0 Å². The summed E-state index contributed by atoms with van der Waals surface area (Å²) < 4.78 is 0. The van der Waals surface area contributed by atoms with Crippen LogP contribution in [0.1, 0.15) is 10.4 Å². The molecule has 4 nitrogen and oxygen atoms in total. The van der Waals surface area contributed by atoms with Gasteiger partial charge in [0.2, 0.25) is 0 Å². The lowest BCUT2D eigenvalue weighted by Crippen LogP contribution is -2.25. The van der Waals surface area contributed by atoms with Gasteiger partial charge in [-0.1, -0.05) is 0 Å². The van der Waals surface area contributed by atoms with Gasteiger partial charge >= 0.3 is 0 Å². The van der Waals surface area contributed by atoms with E-state index in [4.69, 9.17) is 4.84 Å². The highest BCUT2D eigenvalue weighted by molar-refractivity contribution is 5.93. The summed E-state index contributed by atoms with van der Waals surface area (Å²) in [6.07, 6.45) is 0. The van der Waals surface area contributed by atoms with Gasteiger partial charge in [0.15, 0.2) is 0 Å². The maximum Gasteiger partial charge on any atom is 0.277 e. The van der Waals surface area contributed by atoms with Crippen LogP contribution in [-0.4, -0.2) is 39.2 Å². The van der Waals surface area contributed by atoms with Crippen LogP contribution in [0, 0.1) is 0 Å². The van der Waals surface area contributed by atoms with Crippen LogP contribution >= 0.6 is 0 Å². The first-order valence-electron chi connectivity index (χ1n) is 4.66. The third kappa shape index (κ3) is 2.70. The third-order valence-electron chi connectivity index (χ3n) is 2.19. The molecular formula is C11H16N2O2. The summed E-state index contributed by atoms with van der Waals surface area (Å²) in [7, 11) is 6.96. The highest BCUT2D eigenvalue weighted by Gasteiger charge is 2.10. The lowest BCUT2D eigenvalue weighted by Gasteiger charge is -2.15. The largest absolute Gasteiger partial charge is 0.378 e. The number of carbonyl (C=O) groups excluding carboxylic acids is 1. The number of benzene rings is 1. The number of hydrogen-bond donors (Lipinski definition) is 0. The average molecular weight is 208 g/mol. The van der Waals surface area contributed by atoms with E-state index in [1.807, 2.05) is 31.1 Å². The number of rotatable bonds is 3. The fraction of sp³-hybridized carbons (Fsp3) is 0.364. The zero-order valence-electron chi connectivity index (χ0n) is 9.52. The number of nitrogens with zero attached hydrogens (tertiary/aromatic N) is 2. The molecule has 0 unspecified atom stereocenters. The van der Waals surface area contributed by atoms with Crippen LogP contribution in [0.4, 0.5) is 5.69 Å². The smallest absolute Gasteiger partial charge is 0.277 e. The molecule has 0 aliphatic heterocycles. The minimum absolute atomic E-state index is 0.150. The molecule has 1 aromatic carbocycles. The summed E-state index contributed by atoms with van der Waals surface area (Å²) in [4.78, 5) is 18.4. The van der Waals surface area contributed by atoms with Gasteiger partial charge in [-0.25, -0.2) is 5.06 Å². The lowest BCUT2D eigenvalue weighted by atomic mass is 10.2. The first kappa shape index (κ1) is 11.5. The van der Waals surface area contributed by atoms with Crippen molar-refractivity contribution in [1.29, 1.82) is 0 Å². The van der Waals surface area contributed by atoms with Crippen molar-refractivity contribution >= 4 is 11.6 Å². The molecule has 1 aromatic rings. The van der Waals surface area contributed by atoms with Gasteiger partial charge in [-0.3, -0.25) is 9.63 Å². The number of carbonyl (C=O) groups is 1. The monoisotopic (exact) mass is 208 g/mol. The minimum Gasteiger partial charge on any atom is -0.378 e. The van der Waals surface area contributed by atoms with Crippen LogP contribution in [0.5, 0.6) is 0 Å². The molecule has 0 heterocycles. The van der Waals surface area contributed by atoms with Gasteiger partial charge in [0.1, 0.15) is 0 Å². The van der Waals surface area contributed by atoms with Crippen LogP contribution in [-0.2, 0) is 4.84 Å². The van der Waals surface area contributed by atoms with E-state index in [-0.39, 0.29) is 5.91 Å². The van der Waals surface area contributed by atoms with Crippen molar-refractivity contribution in [2.75, 3.05) is 33.2 Å². The van der Waals surface area contributed by atoms with Gasteiger partial charge in [0.25, 0.3) is 5.91 Å². The molecular weight excluding hydrogens is 192 g/mol. The Labute approximate surface area is 90.0 Å². The highest BCUT2D eigenvalue weighted by atomic mass is 16.7. The zero-order valence-corrected chi connectivity index (χ0v) is 9.52. The Morgan fingerprint density at radius 1 is 1.13 bits per heavy atom. The molecule has 0 radical (unpaired) electrons. The van der Waals surface area contributed by atoms with Gasteiger partial charge in [0.05, 0.1) is 7.11 Å². The Bertz CT molecular complexity index is 333. The molecule has 0 aliphatic carbocycles. The predicted octanol–water partition coefficient (Wildman–Crippen LogP) is 1.39. The SMILES string of the molecule is CON(C)C(=O)c1ccc(N(C)C)cc1. The predicted molar refractivity (Wildman–Crippen MR) is 59.9 cm³/mol. The lowest BCUT2D eigenvalue weighted by molar-refractivity contribution is -0.0756. The van der Waals surface area contributed by atoms with Gasteiger partial charge < -0.3 is 4.90 Å². The zero-order chi connectivity index (χ0) is 11.4. The molecule has 0 fully saturated rings. The Balaban J connectivity index is 2.84. The van der Waals surface area contributed by atoms with E-state index in [2.05, 4.69) is 0 Å². The van der Waals surface area contributed by atoms with Crippen LogP contribution in [0.15, 0.2) is 24.3 Å². The molecule has 0 bridgehead atoms. The van der Waals surface area contributed by atoms with Gasteiger partial charge in [-0.2, -0.15) is 0 Å². The molecule has 0 N–H and O–H groups in total. The van der Waals surface area contributed by atoms with Crippen molar-refractivity contribution in [3.8, 4) is 0 Å². The van der Waals surface area contributed by atoms with Gasteiger partial charge in [-0.15, -0.1) is 0 Å². The fourth-order valence-electron chi connectivity index (χ4n) is 1.17. The van der Waals surface area contributed by atoms with Crippen molar-refractivity contribution in [2.24, 2.45) is 0 Å². The van der Waals surface area contributed by atoms with Crippen molar-refractivity contribution < 1.29 is 9.63 Å². The van der Waals surface area contributed by atoms with Crippen molar-refractivity contribution in [2.45, 2.75) is 0 Å². The average Bonchev–Trinajstić information content (AvgIpc) is 2.27. The van der Waals surface area contributed by atoms with E-state index in [0.29, 0.717) is 5.56 Å². The van der Waals surface area contributed by atoms with Crippen LogP contribution in [0.2, 0.25) is 0 Å². The maximum atomic E-state index is 11.6. The first-order valence-corrected chi connectivity index (χ1v) is 4.66. The molecule has 15 heavy (non-hydrogen) atoms. The summed E-state index contributed by atoms with van der Waals surface area (Å²) in [5.74, 6) is -0.150. The quantitative estimate of drug-likeness (QED) is 0.704. The van der Waals surface area contributed by atoms with Crippen LogP contribution < -0.4 is 4.90 Å². The topological polar surface area (TPSA) is 32.8 Å². The molecule has 4 heteroatoms. The molecule has 82 valence electrons. The normalized spacial score (nSPS) is 9.87. The summed E-state index contributed by atoms with van der Waals surface area (Å²) in [5.41, 5.74) is 1.68. The van der Waals surface area contributed by atoms with E-state index in [0.717, 1.165) is 5.69 Å². The van der Waals surface area contributed by atoms with Crippen molar-refractivity contribution in [3.05, 3.63) is 29.8 Å². The molecule has 0 atom stereocenters.